The third-order valence-corrected chi connectivity index (χ3v) is 6.03. The van der Waals surface area contributed by atoms with E-state index < -0.39 is 18.5 Å². The number of thioether (sulfide) groups is 1. The molecule has 0 bridgehead atoms. The maximum Gasteiger partial charge on any atom is 0.322 e. The van der Waals surface area contributed by atoms with Crippen LogP contribution in [0, 0.1) is 5.82 Å². The molecule has 5 rings (SSSR count). The van der Waals surface area contributed by atoms with E-state index >= 15 is 0 Å². The lowest BCUT2D eigenvalue weighted by atomic mass is 10.2. The Balaban J connectivity index is 1.19. The van der Waals surface area contributed by atoms with E-state index in [1.54, 1.807) is 28.8 Å². The third kappa shape index (κ3) is 5.93. The van der Waals surface area contributed by atoms with Crippen LogP contribution in [0.5, 0.6) is 0 Å². The fourth-order valence-electron chi connectivity index (χ4n) is 3.40. The largest absolute Gasteiger partial charge is 0.455 e. The molecule has 0 atom stereocenters. The van der Waals surface area contributed by atoms with Crippen molar-refractivity contribution in [2.45, 2.75) is 5.16 Å². The lowest BCUT2D eigenvalue weighted by Gasteiger charge is -2.10. The Kier molecular flexibility index (Phi) is 7.50. The van der Waals surface area contributed by atoms with Gasteiger partial charge in [0.25, 0.3) is 5.91 Å². The number of esters is 1. The van der Waals surface area contributed by atoms with Gasteiger partial charge in [-0.3, -0.25) is 19.5 Å². The van der Waals surface area contributed by atoms with Crippen LogP contribution in [0.25, 0.3) is 28.5 Å². The Morgan fingerprint density at radius 2 is 1.58 bits per heavy atom. The molecule has 0 unspecified atom stereocenters. The first-order chi connectivity index (χ1) is 18.6. The van der Waals surface area contributed by atoms with Gasteiger partial charge in [0.05, 0.1) is 5.75 Å². The Labute approximate surface area is 219 Å². The molecule has 1 N–H and O–H groups in total. The van der Waals surface area contributed by atoms with Crippen molar-refractivity contribution < 1.29 is 23.1 Å². The number of nitrogens with zero attached hydrogens (tertiary/aromatic N) is 5. The van der Waals surface area contributed by atoms with Crippen LogP contribution < -0.4 is 5.32 Å². The molecule has 38 heavy (non-hydrogen) atoms. The molecule has 3 aromatic carbocycles. The molecule has 0 saturated heterocycles. The predicted molar refractivity (Wildman–Crippen MR) is 137 cm³/mol. The van der Waals surface area contributed by atoms with Crippen molar-refractivity contribution in [3.05, 3.63) is 90.7 Å². The highest BCUT2D eigenvalue weighted by atomic mass is 32.2. The first-order valence-corrected chi connectivity index (χ1v) is 12.3. The quantitative estimate of drug-likeness (QED) is 0.218. The molecule has 2 aromatic heterocycles. The van der Waals surface area contributed by atoms with Gasteiger partial charge in [-0.15, -0.1) is 15.3 Å². The average molecular weight is 531 g/mol. The van der Waals surface area contributed by atoms with Gasteiger partial charge >= 0.3 is 12.0 Å². The molecular weight excluding hydrogens is 511 g/mol. The van der Waals surface area contributed by atoms with Crippen LogP contribution in [0.2, 0.25) is 0 Å². The molecular formula is C26H19FN6O4S. The molecule has 1 amide bonds. The van der Waals surface area contributed by atoms with Crippen molar-refractivity contribution in [1.29, 1.82) is 0 Å². The van der Waals surface area contributed by atoms with Gasteiger partial charge in [-0.05, 0) is 48.5 Å². The minimum absolute atomic E-state index is 0.108. The number of aromatic nitrogens is 5. The average Bonchev–Trinajstić information content (AvgIpc) is 3.59. The van der Waals surface area contributed by atoms with Gasteiger partial charge in [0.15, 0.2) is 17.6 Å². The van der Waals surface area contributed by atoms with E-state index in [1.165, 1.54) is 12.1 Å². The first-order valence-electron chi connectivity index (χ1n) is 11.3. The number of hydrogen-bond donors (Lipinski definition) is 1. The smallest absolute Gasteiger partial charge is 0.322 e. The number of nitrogens with one attached hydrogen (secondary N) is 1. The van der Waals surface area contributed by atoms with E-state index in [0.29, 0.717) is 22.1 Å². The van der Waals surface area contributed by atoms with Crippen LogP contribution >= 0.6 is 11.8 Å². The van der Waals surface area contributed by atoms with E-state index in [2.05, 4.69) is 25.7 Å². The van der Waals surface area contributed by atoms with Crippen molar-refractivity contribution in [3.8, 4) is 28.5 Å². The first kappa shape index (κ1) is 24.8. The summed E-state index contributed by atoms with van der Waals surface area (Å²) in [7, 11) is 0. The minimum Gasteiger partial charge on any atom is -0.455 e. The fraction of sp³-hybridized carbons (Fsp3) is 0.0769. The van der Waals surface area contributed by atoms with Gasteiger partial charge in [-0.25, -0.2) is 4.39 Å². The summed E-state index contributed by atoms with van der Waals surface area (Å²) in [6.45, 7) is -0.533. The molecule has 0 aliphatic carbocycles. The summed E-state index contributed by atoms with van der Waals surface area (Å²) in [4.78, 5) is 24.5. The van der Waals surface area contributed by atoms with E-state index in [9.17, 15) is 14.0 Å². The zero-order chi connectivity index (χ0) is 26.3. The zero-order valence-corrected chi connectivity index (χ0v) is 20.5. The maximum atomic E-state index is 13.4. The van der Waals surface area contributed by atoms with E-state index in [-0.39, 0.29) is 23.5 Å². The van der Waals surface area contributed by atoms with E-state index in [1.807, 2.05) is 48.5 Å². The van der Waals surface area contributed by atoms with Crippen LogP contribution in [0.4, 0.5) is 10.4 Å². The molecule has 0 spiro atoms. The molecule has 0 aliphatic heterocycles. The molecule has 12 heteroatoms. The van der Waals surface area contributed by atoms with E-state index in [0.717, 1.165) is 17.4 Å². The van der Waals surface area contributed by atoms with Crippen molar-refractivity contribution >= 4 is 29.7 Å². The van der Waals surface area contributed by atoms with Crippen LogP contribution in [0.3, 0.4) is 0 Å². The maximum absolute atomic E-state index is 13.4. The summed E-state index contributed by atoms with van der Waals surface area (Å²) >= 11 is 1.09. The summed E-state index contributed by atoms with van der Waals surface area (Å²) in [6.07, 6.45) is 0. The molecule has 0 fully saturated rings. The second kappa shape index (κ2) is 11.5. The summed E-state index contributed by atoms with van der Waals surface area (Å²) in [5, 5.41) is 18.9. The van der Waals surface area contributed by atoms with Crippen LogP contribution in [0.15, 0.2) is 94.5 Å². The van der Waals surface area contributed by atoms with Crippen molar-refractivity contribution in [1.82, 2.24) is 25.0 Å². The van der Waals surface area contributed by atoms with E-state index in [4.69, 9.17) is 9.15 Å². The molecule has 5 aromatic rings. The monoisotopic (exact) mass is 530 g/mol. The number of carbonyl (C=O) groups is 2. The number of rotatable bonds is 9. The number of anilines is 1. The number of benzene rings is 3. The molecule has 10 nitrogen and oxygen atoms in total. The normalized spacial score (nSPS) is 10.8. The molecule has 0 aliphatic rings. The fourth-order valence-corrected chi connectivity index (χ4v) is 4.15. The highest BCUT2D eigenvalue weighted by molar-refractivity contribution is 7.99. The standard InChI is InChI=1S/C26H19FN6O4S/c27-19-13-11-17(12-14-19)23-29-32-26(33(23)20-9-5-2-6-10-20)38-16-22(35)36-15-21(34)28-25-31-30-24(37-25)18-7-3-1-4-8-18/h1-14H,15-16H2,(H,28,31,34). The number of amides is 1. The second-order valence-corrected chi connectivity index (χ2v) is 8.70. The lowest BCUT2D eigenvalue weighted by molar-refractivity contribution is -0.144. The van der Waals surface area contributed by atoms with Crippen molar-refractivity contribution in [2.75, 3.05) is 17.7 Å². The summed E-state index contributed by atoms with van der Waals surface area (Å²) in [5.74, 6) is -1.01. The van der Waals surface area contributed by atoms with Gasteiger partial charge in [-0.1, -0.05) is 53.3 Å². The molecule has 190 valence electrons. The summed E-state index contributed by atoms with van der Waals surface area (Å²) < 4.78 is 25.7. The Morgan fingerprint density at radius 1 is 0.868 bits per heavy atom. The minimum atomic E-state index is -0.633. The number of ether oxygens (including phenoxy) is 1. The van der Waals surface area contributed by atoms with Gasteiger partial charge in [0, 0.05) is 16.8 Å². The molecule has 0 saturated carbocycles. The van der Waals surface area contributed by atoms with Crippen molar-refractivity contribution in [2.24, 2.45) is 0 Å². The highest BCUT2D eigenvalue weighted by Crippen LogP contribution is 2.28. The van der Waals surface area contributed by atoms with Crippen LogP contribution in [0.1, 0.15) is 0 Å². The summed E-state index contributed by atoms with van der Waals surface area (Å²) in [6, 6.07) is 24.2. The van der Waals surface area contributed by atoms with Gasteiger partial charge in [-0.2, -0.15) is 0 Å². The predicted octanol–water partition coefficient (Wildman–Crippen LogP) is 4.40. The SMILES string of the molecule is O=C(COC(=O)CSc1nnc(-c2ccc(F)cc2)n1-c1ccccc1)Nc1nnc(-c2ccccc2)o1. The molecule has 0 radical (unpaired) electrons. The number of carbonyl (C=O) groups excluding carboxylic acids is 2. The summed E-state index contributed by atoms with van der Waals surface area (Å²) in [5.41, 5.74) is 2.13. The number of para-hydroxylation sites is 1. The Hall–Kier alpha value is -4.84. The molecule has 2 heterocycles. The number of hydrogen-bond acceptors (Lipinski definition) is 9. The van der Waals surface area contributed by atoms with Crippen LogP contribution in [-0.2, 0) is 14.3 Å². The van der Waals surface area contributed by atoms with Gasteiger partial charge in [0.1, 0.15) is 5.82 Å². The topological polar surface area (TPSA) is 125 Å². The van der Waals surface area contributed by atoms with Crippen LogP contribution in [-0.4, -0.2) is 49.2 Å². The van der Waals surface area contributed by atoms with Crippen molar-refractivity contribution in [3.63, 3.8) is 0 Å². The second-order valence-electron chi connectivity index (χ2n) is 7.76. The zero-order valence-electron chi connectivity index (χ0n) is 19.7. The number of halogens is 1. The highest BCUT2D eigenvalue weighted by Gasteiger charge is 2.19. The lowest BCUT2D eigenvalue weighted by Crippen LogP contribution is -2.21. The Bertz CT molecular complexity index is 1540. The Morgan fingerprint density at radius 3 is 2.32 bits per heavy atom. The third-order valence-electron chi connectivity index (χ3n) is 5.13. The van der Waals surface area contributed by atoms with Gasteiger partial charge in [0.2, 0.25) is 5.89 Å². The van der Waals surface area contributed by atoms with Gasteiger partial charge < -0.3 is 9.15 Å².